The van der Waals surface area contributed by atoms with Gasteiger partial charge in [-0.25, -0.2) is 14.2 Å². The Morgan fingerprint density at radius 2 is 1.88 bits per heavy atom. The molecule has 3 heterocycles. The lowest BCUT2D eigenvalue weighted by molar-refractivity contribution is -0.102. The topological polar surface area (TPSA) is 159 Å². The van der Waals surface area contributed by atoms with Crippen LogP contribution in [0.1, 0.15) is 65.2 Å². The molecule has 1 N–H and O–H groups in total. The normalized spacial score (nSPS) is 17.7. The second-order valence-corrected chi connectivity index (χ2v) is 15.2. The Bertz CT molecular complexity index is 1960. The van der Waals surface area contributed by atoms with Crippen molar-refractivity contribution >= 4 is 38.6 Å². The van der Waals surface area contributed by atoms with Gasteiger partial charge in [0.2, 0.25) is 0 Å². The van der Waals surface area contributed by atoms with Crippen LogP contribution in [0.2, 0.25) is 0 Å². The lowest BCUT2D eigenvalue weighted by Gasteiger charge is -2.39. The molecule has 16 heteroatoms. The van der Waals surface area contributed by atoms with Gasteiger partial charge in [-0.15, -0.1) is 0 Å². The lowest BCUT2D eigenvalue weighted by atomic mass is 9.89. The molecule has 2 aliphatic heterocycles. The molecule has 2 aliphatic rings. The number of hydrogen-bond acceptors (Lipinski definition) is 10. The van der Waals surface area contributed by atoms with Crippen LogP contribution >= 0.6 is 0 Å². The van der Waals surface area contributed by atoms with Crippen molar-refractivity contribution in [2.24, 2.45) is 0 Å². The molecule has 2 saturated heterocycles. The first-order chi connectivity index (χ1) is 23.0. The summed E-state index contributed by atoms with van der Waals surface area (Å²) >= 11 is 0. The van der Waals surface area contributed by atoms with E-state index in [2.05, 4.69) is 9.71 Å². The zero-order valence-corrected chi connectivity index (χ0v) is 29.6. The van der Waals surface area contributed by atoms with Crippen LogP contribution < -0.4 is 19.9 Å². The maximum Gasteiger partial charge on any atom is 0.410 e. The number of carbonyl (C=O) groups is 1. The molecule has 1 spiro atoms. The molecule has 0 saturated carbocycles. The number of carbonyl (C=O) groups excluding carboxylic acids is 1. The minimum atomic E-state index is -4.03. The Labute approximate surface area is 285 Å². The Hall–Kier alpha value is -4.46. The highest BCUT2D eigenvalue weighted by molar-refractivity contribution is 7.90. The Morgan fingerprint density at radius 3 is 2.49 bits per heavy atom. The molecule has 49 heavy (non-hydrogen) atoms. The summed E-state index contributed by atoms with van der Waals surface area (Å²) in [6.07, 6.45) is 2.91. The van der Waals surface area contributed by atoms with Gasteiger partial charge in [-0.05, 0) is 70.7 Å². The van der Waals surface area contributed by atoms with E-state index < -0.39 is 44.8 Å². The van der Waals surface area contributed by atoms with Crippen molar-refractivity contribution in [2.45, 2.75) is 70.8 Å². The number of nitriles is 1. The number of nitrogens with one attached hydrogen (secondary N) is 1. The molecule has 3 aromatic rings. The van der Waals surface area contributed by atoms with Crippen LogP contribution in [0.15, 0.2) is 35.4 Å². The number of ether oxygens (including phenoxy) is 3. The van der Waals surface area contributed by atoms with Gasteiger partial charge in [0.25, 0.3) is 5.56 Å². The van der Waals surface area contributed by atoms with Crippen molar-refractivity contribution in [3.05, 3.63) is 52.3 Å². The first kappa shape index (κ1) is 35.8. The zero-order valence-electron chi connectivity index (χ0n) is 28.7. The molecule has 1 unspecified atom stereocenters. The van der Waals surface area contributed by atoms with Crippen molar-refractivity contribution in [1.29, 1.82) is 5.26 Å². The molecule has 1 amide bonds. The number of amides is 1. The van der Waals surface area contributed by atoms with Crippen molar-refractivity contribution in [2.75, 3.05) is 50.4 Å². The smallest absolute Gasteiger partial charge is 0.410 e. The van der Waals surface area contributed by atoms with Crippen molar-refractivity contribution in [3.8, 4) is 17.6 Å². The number of anilines is 2. The number of nitrogens with zero attached hydrogens (tertiary/aromatic N) is 6. The summed E-state index contributed by atoms with van der Waals surface area (Å²) in [5.41, 5.74) is -1.40. The summed E-state index contributed by atoms with van der Waals surface area (Å²) in [6, 6.07) is 7.06. The highest BCUT2D eigenvalue weighted by Crippen LogP contribution is 2.44. The van der Waals surface area contributed by atoms with Crippen molar-refractivity contribution < 1.29 is 31.8 Å². The number of piperidine rings is 1. The molecule has 2 aromatic carbocycles. The lowest BCUT2D eigenvalue weighted by Crippen LogP contribution is -2.48. The Morgan fingerprint density at radius 1 is 1.18 bits per heavy atom. The van der Waals surface area contributed by atoms with Crippen molar-refractivity contribution in [3.63, 3.8) is 0 Å². The van der Waals surface area contributed by atoms with Gasteiger partial charge in [0.1, 0.15) is 29.8 Å². The van der Waals surface area contributed by atoms with Gasteiger partial charge >= 0.3 is 16.3 Å². The van der Waals surface area contributed by atoms with Crippen LogP contribution in [0.5, 0.6) is 11.5 Å². The summed E-state index contributed by atoms with van der Waals surface area (Å²) in [5.74, 6) is -1.36. The average molecular weight is 700 g/mol. The van der Waals surface area contributed by atoms with E-state index in [1.165, 1.54) is 24.0 Å². The number of fused-ring (bicyclic) bond motifs is 1. The molecule has 14 nitrogen and oxygen atoms in total. The SMILES string of the molecule is CCN(C)S(=O)(=O)Nc1ccc(F)c(Oc2ccc3ncn(C4CCC5(CCN(C(=O)OC(C)(C)C)CC5)O4)c(=O)c3c2N(C)C)c1C#N. The molecule has 1 aromatic heterocycles. The largest absolute Gasteiger partial charge is 0.451 e. The summed E-state index contributed by atoms with van der Waals surface area (Å²) < 4.78 is 63.5. The van der Waals surface area contributed by atoms with Crippen molar-refractivity contribution in [1.82, 2.24) is 18.8 Å². The third kappa shape index (κ3) is 7.29. The fourth-order valence-electron chi connectivity index (χ4n) is 6.05. The molecular weight excluding hydrogens is 657 g/mol. The van der Waals surface area contributed by atoms with Crippen LogP contribution in [0.25, 0.3) is 10.9 Å². The van der Waals surface area contributed by atoms with E-state index >= 15 is 4.39 Å². The molecule has 0 aliphatic carbocycles. The zero-order chi connectivity index (χ0) is 35.9. The molecule has 264 valence electrons. The predicted molar refractivity (Wildman–Crippen MR) is 181 cm³/mol. The number of benzene rings is 2. The molecule has 5 rings (SSSR count). The average Bonchev–Trinajstić information content (AvgIpc) is 3.44. The highest BCUT2D eigenvalue weighted by atomic mass is 32.2. The fraction of sp³-hybridized carbons (Fsp3) is 0.515. The van der Waals surface area contributed by atoms with Crippen LogP contribution in [0.3, 0.4) is 0 Å². The van der Waals surface area contributed by atoms with Gasteiger partial charge in [0.15, 0.2) is 17.3 Å². The maximum atomic E-state index is 15.3. The second kappa shape index (κ2) is 13.4. The third-order valence-corrected chi connectivity index (χ3v) is 10.3. The van der Waals surface area contributed by atoms with Gasteiger partial charge in [-0.1, -0.05) is 6.92 Å². The molecular formula is C33H42FN7O7S. The molecule has 0 radical (unpaired) electrons. The van der Waals surface area contributed by atoms with Crippen LogP contribution in [0.4, 0.5) is 20.6 Å². The first-order valence-corrected chi connectivity index (χ1v) is 17.4. The quantitative estimate of drug-likeness (QED) is 0.341. The number of aromatic nitrogens is 2. The minimum Gasteiger partial charge on any atom is -0.451 e. The number of rotatable bonds is 8. The van der Waals surface area contributed by atoms with E-state index in [-0.39, 0.29) is 40.7 Å². The molecule has 0 bridgehead atoms. The Kier molecular flexibility index (Phi) is 9.84. The summed E-state index contributed by atoms with van der Waals surface area (Å²) in [6.45, 7) is 8.22. The number of halogens is 1. The number of hydrogen-bond donors (Lipinski definition) is 1. The van der Waals surface area contributed by atoms with Gasteiger partial charge in [-0.3, -0.25) is 14.1 Å². The number of likely N-dealkylation sites (tertiary alicyclic amines) is 1. The van der Waals surface area contributed by atoms with Crippen LogP contribution in [0, 0.1) is 17.1 Å². The van der Waals surface area contributed by atoms with E-state index in [1.807, 2.05) is 26.8 Å². The molecule has 1 atom stereocenters. The van der Waals surface area contributed by atoms with E-state index in [1.54, 1.807) is 36.9 Å². The standard InChI is InChI=1S/C33H42FN7O7S/c1-8-39(7)49(44,45)37-23-10-9-22(34)29(21(23)19-35)46-25-12-11-24-27(28(25)38(5)6)30(42)41(20-36-24)26-13-14-33(47-26)15-17-40(18-16-33)31(43)48-32(2,3)4/h9-12,20,26,37H,8,13-18H2,1-7H3. The van der Waals surface area contributed by atoms with E-state index in [0.29, 0.717) is 44.3 Å². The van der Waals surface area contributed by atoms with Gasteiger partial charge in [0, 0.05) is 40.8 Å². The second-order valence-electron chi connectivity index (χ2n) is 13.5. The van der Waals surface area contributed by atoms with E-state index in [0.717, 1.165) is 16.4 Å². The first-order valence-electron chi connectivity index (χ1n) is 16.0. The predicted octanol–water partition coefficient (Wildman–Crippen LogP) is 4.95. The maximum absolute atomic E-state index is 15.3. The van der Waals surface area contributed by atoms with Gasteiger partial charge in [-0.2, -0.15) is 18.0 Å². The fourth-order valence-corrected chi connectivity index (χ4v) is 6.99. The third-order valence-electron chi connectivity index (χ3n) is 8.73. The monoisotopic (exact) mass is 699 g/mol. The highest BCUT2D eigenvalue weighted by Gasteiger charge is 2.44. The minimum absolute atomic E-state index is 0.0496. The Balaban J connectivity index is 1.46. The van der Waals surface area contributed by atoms with E-state index in [4.69, 9.17) is 14.2 Å². The van der Waals surface area contributed by atoms with E-state index in [9.17, 15) is 23.3 Å². The van der Waals surface area contributed by atoms with Crippen LogP contribution in [-0.2, 0) is 19.7 Å². The summed E-state index contributed by atoms with van der Waals surface area (Å²) in [5, 5.41) is 10.2. The van der Waals surface area contributed by atoms with Crippen LogP contribution in [-0.4, -0.2) is 85.2 Å². The summed E-state index contributed by atoms with van der Waals surface area (Å²) in [4.78, 5) is 34.6. The van der Waals surface area contributed by atoms with Gasteiger partial charge < -0.3 is 24.0 Å². The molecule has 2 fully saturated rings. The summed E-state index contributed by atoms with van der Waals surface area (Å²) in [7, 11) is 0.699. The van der Waals surface area contributed by atoms with Gasteiger partial charge in [0.05, 0.1) is 27.9 Å².